The lowest BCUT2D eigenvalue weighted by molar-refractivity contribution is 0.217. The highest BCUT2D eigenvalue weighted by Gasteiger charge is 2.14. The van der Waals surface area contributed by atoms with Crippen molar-refractivity contribution >= 4 is 38.7 Å². The van der Waals surface area contributed by atoms with Crippen LogP contribution in [0.4, 0.5) is 5.95 Å². The smallest absolute Gasteiger partial charge is 0.240 e. The molecule has 2 aromatic heterocycles. The van der Waals surface area contributed by atoms with E-state index in [9.17, 15) is 8.42 Å². The van der Waals surface area contributed by atoms with Crippen molar-refractivity contribution < 1.29 is 13.2 Å². The average molecular weight is 292 g/mol. The summed E-state index contributed by atoms with van der Waals surface area (Å²) in [6, 6.07) is 0. The van der Waals surface area contributed by atoms with Crippen LogP contribution >= 0.6 is 11.6 Å². The minimum absolute atomic E-state index is 0.0771. The highest BCUT2D eigenvalue weighted by Crippen LogP contribution is 2.18. The third kappa shape index (κ3) is 2.86. The van der Waals surface area contributed by atoms with Crippen LogP contribution in [0.25, 0.3) is 11.2 Å². The van der Waals surface area contributed by atoms with Crippen molar-refractivity contribution in [1.82, 2.24) is 19.9 Å². The second-order valence-corrected chi connectivity index (χ2v) is 5.55. The van der Waals surface area contributed by atoms with E-state index in [2.05, 4.69) is 24.7 Å². The van der Waals surface area contributed by atoms with E-state index in [4.69, 9.17) is 16.3 Å². The third-order valence-corrected chi connectivity index (χ3v) is 3.52. The Labute approximate surface area is 108 Å². The number of aromatic nitrogens is 4. The molecule has 18 heavy (non-hydrogen) atoms. The zero-order chi connectivity index (χ0) is 13.2. The van der Waals surface area contributed by atoms with Gasteiger partial charge >= 0.3 is 0 Å². The molecule has 98 valence electrons. The van der Waals surface area contributed by atoms with Crippen molar-refractivity contribution in [2.45, 2.75) is 0 Å². The van der Waals surface area contributed by atoms with Crippen LogP contribution in [-0.4, -0.2) is 47.8 Å². The monoisotopic (exact) mass is 291 g/mol. The van der Waals surface area contributed by atoms with Gasteiger partial charge in [0.2, 0.25) is 16.0 Å². The van der Waals surface area contributed by atoms with Gasteiger partial charge in [-0.3, -0.25) is 4.72 Å². The van der Waals surface area contributed by atoms with E-state index in [1.165, 1.54) is 13.4 Å². The van der Waals surface area contributed by atoms with Crippen molar-refractivity contribution in [3.05, 3.63) is 11.5 Å². The number of anilines is 1. The van der Waals surface area contributed by atoms with E-state index in [1.54, 1.807) is 0 Å². The Balaban J connectivity index is 2.26. The maximum atomic E-state index is 11.6. The minimum atomic E-state index is -3.56. The Morgan fingerprint density at radius 2 is 2.28 bits per heavy atom. The zero-order valence-electron chi connectivity index (χ0n) is 9.34. The van der Waals surface area contributed by atoms with Crippen LogP contribution in [0.3, 0.4) is 0 Å². The molecule has 0 unspecified atom stereocenters. The minimum Gasteiger partial charge on any atom is -0.384 e. The molecule has 0 aliphatic rings. The predicted octanol–water partition coefficient (Wildman–Crippen LogP) is 0.394. The van der Waals surface area contributed by atoms with Gasteiger partial charge in [0.1, 0.15) is 5.52 Å². The summed E-state index contributed by atoms with van der Waals surface area (Å²) in [7, 11) is -2.15. The number of hydrogen-bond donors (Lipinski definition) is 2. The summed E-state index contributed by atoms with van der Waals surface area (Å²) in [5, 5.41) is 0.0990. The second kappa shape index (κ2) is 5.04. The van der Waals surface area contributed by atoms with E-state index in [-0.39, 0.29) is 23.5 Å². The lowest BCUT2D eigenvalue weighted by Gasteiger charge is -2.05. The first kappa shape index (κ1) is 13.0. The summed E-state index contributed by atoms with van der Waals surface area (Å²) >= 11 is 5.85. The molecule has 8 nitrogen and oxygen atoms in total. The van der Waals surface area contributed by atoms with Crippen LogP contribution in [0.15, 0.2) is 6.33 Å². The first-order valence-corrected chi connectivity index (χ1v) is 6.91. The Bertz CT molecular complexity index is 656. The first-order valence-electron chi connectivity index (χ1n) is 4.88. The molecule has 0 aliphatic carbocycles. The van der Waals surface area contributed by atoms with Crippen LogP contribution in [0.1, 0.15) is 0 Å². The van der Waals surface area contributed by atoms with Gasteiger partial charge in [0, 0.05) is 7.11 Å². The molecule has 0 radical (unpaired) electrons. The van der Waals surface area contributed by atoms with Gasteiger partial charge in [-0.15, -0.1) is 0 Å². The topological polar surface area (TPSA) is 110 Å². The van der Waals surface area contributed by atoms with Crippen LogP contribution in [0.5, 0.6) is 0 Å². The molecule has 0 aliphatic heterocycles. The molecule has 2 N–H and O–H groups in total. The van der Waals surface area contributed by atoms with Gasteiger partial charge in [-0.05, 0) is 0 Å². The number of fused-ring (bicyclic) bond motifs is 1. The van der Waals surface area contributed by atoms with Gasteiger partial charge < -0.3 is 9.72 Å². The molecule has 2 aromatic rings. The highest BCUT2D eigenvalue weighted by atomic mass is 35.5. The van der Waals surface area contributed by atoms with Crippen LogP contribution in [-0.2, 0) is 14.8 Å². The number of hydrogen-bond acceptors (Lipinski definition) is 6. The van der Waals surface area contributed by atoms with Crippen molar-refractivity contribution in [2.24, 2.45) is 0 Å². The zero-order valence-corrected chi connectivity index (χ0v) is 10.9. The molecule has 10 heteroatoms. The lowest BCUT2D eigenvalue weighted by Crippen LogP contribution is -2.21. The van der Waals surface area contributed by atoms with Gasteiger partial charge in [0.05, 0.1) is 18.7 Å². The summed E-state index contributed by atoms with van der Waals surface area (Å²) in [5.74, 6) is -0.306. The number of ether oxygens (including phenoxy) is 1. The Kier molecular flexibility index (Phi) is 3.64. The fourth-order valence-electron chi connectivity index (χ4n) is 1.23. The SMILES string of the molecule is COCCS(=O)(=O)Nc1nc(Cl)c2[nH]cnc2n1. The number of rotatable bonds is 5. The van der Waals surface area contributed by atoms with Gasteiger partial charge in [-0.25, -0.2) is 13.4 Å². The van der Waals surface area contributed by atoms with Crippen LogP contribution in [0.2, 0.25) is 5.15 Å². The van der Waals surface area contributed by atoms with Gasteiger partial charge in [-0.2, -0.15) is 9.97 Å². The Morgan fingerprint density at radius 1 is 1.50 bits per heavy atom. The molecule has 0 atom stereocenters. The summed E-state index contributed by atoms with van der Waals surface area (Å²) in [6.07, 6.45) is 1.40. The summed E-state index contributed by atoms with van der Waals surface area (Å²) in [4.78, 5) is 14.4. The van der Waals surface area contributed by atoms with E-state index in [1.807, 2.05) is 0 Å². The molecule has 0 aromatic carbocycles. The van der Waals surface area contributed by atoms with E-state index < -0.39 is 10.0 Å². The second-order valence-electron chi connectivity index (χ2n) is 3.35. The van der Waals surface area contributed by atoms with E-state index in [0.717, 1.165) is 0 Å². The summed E-state index contributed by atoms with van der Waals surface area (Å²) < 4.78 is 30.1. The van der Waals surface area contributed by atoms with Crippen molar-refractivity contribution in [1.29, 1.82) is 0 Å². The number of sulfonamides is 1. The van der Waals surface area contributed by atoms with Crippen molar-refractivity contribution in [2.75, 3.05) is 24.2 Å². The number of imidazole rings is 1. The molecular formula is C8H10ClN5O3S. The fraction of sp³-hybridized carbons (Fsp3) is 0.375. The molecule has 0 saturated carbocycles. The molecule has 2 heterocycles. The molecule has 0 saturated heterocycles. The highest BCUT2D eigenvalue weighted by molar-refractivity contribution is 7.92. The molecule has 0 amide bonds. The standard InChI is InChI=1S/C8H10ClN5O3S/c1-17-2-3-18(15,16)14-8-12-6(9)5-7(13-8)11-4-10-5/h4H,2-3H2,1H3,(H2,10,11,12,13,14). The normalized spacial score (nSPS) is 11.9. The Hall–Kier alpha value is -1.45. The number of halogens is 1. The fourth-order valence-corrected chi connectivity index (χ4v) is 2.30. The van der Waals surface area contributed by atoms with Crippen molar-refractivity contribution in [3.63, 3.8) is 0 Å². The number of nitrogens with zero attached hydrogens (tertiary/aromatic N) is 3. The van der Waals surface area contributed by atoms with E-state index in [0.29, 0.717) is 11.2 Å². The van der Waals surface area contributed by atoms with E-state index >= 15 is 0 Å². The lowest BCUT2D eigenvalue weighted by atomic mass is 10.6. The molecule has 0 spiro atoms. The quantitative estimate of drug-likeness (QED) is 0.771. The summed E-state index contributed by atoms with van der Waals surface area (Å²) in [6.45, 7) is 0.0771. The maximum absolute atomic E-state index is 11.6. The number of methoxy groups -OCH3 is 1. The third-order valence-electron chi connectivity index (χ3n) is 2.04. The first-order chi connectivity index (χ1) is 8.52. The van der Waals surface area contributed by atoms with Crippen molar-refractivity contribution in [3.8, 4) is 0 Å². The number of nitrogens with one attached hydrogen (secondary N) is 2. The largest absolute Gasteiger partial charge is 0.384 e. The molecule has 2 rings (SSSR count). The molecule has 0 fully saturated rings. The molecular weight excluding hydrogens is 282 g/mol. The van der Waals surface area contributed by atoms with Gasteiger partial charge in [0.15, 0.2) is 10.8 Å². The number of aromatic amines is 1. The average Bonchev–Trinajstić information content (AvgIpc) is 2.74. The molecule has 0 bridgehead atoms. The van der Waals surface area contributed by atoms with Gasteiger partial charge in [-0.1, -0.05) is 11.6 Å². The van der Waals surface area contributed by atoms with Crippen LogP contribution < -0.4 is 4.72 Å². The number of H-pyrrole nitrogens is 1. The maximum Gasteiger partial charge on any atom is 0.240 e. The van der Waals surface area contributed by atoms with Gasteiger partial charge in [0.25, 0.3) is 0 Å². The Morgan fingerprint density at radius 3 is 3.00 bits per heavy atom. The summed E-state index contributed by atoms with van der Waals surface area (Å²) in [5.41, 5.74) is 0.746. The predicted molar refractivity (Wildman–Crippen MR) is 66.0 cm³/mol. The van der Waals surface area contributed by atoms with Crippen LogP contribution in [0, 0.1) is 0 Å².